The summed E-state index contributed by atoms with van der Waals surface area (Å²) in [6, 6.07) is 9.59. The molecule has 0 spiro atoms. The summed E-state index contributed by atoms with van der Waals surface area (Å²) in [5.74, 6) is 0.00427. The molecule has 3 amide bonds. The number of benzene rings is 1. The number of imide groups is 1. The number of thiophene rings is 1. The van der Waals surface area contributed by atoms with Crippen LogP contribution in [0.1, 0.15) is 56.8 Å². The van der Waals surface area contributed by atoms with Gasteiger partial charge in [-0.2, -0.15) is 0 Å². The molecule has 2 aliphatic heterocycles. The number of nitrogens with zero attached hydrogens (tertiary/aromatic N) is 2. The molecule has 2 aliphatic rings. The Kier molecular flexibility index (Phi) is 6.83. The van der Waals surface area contributed by atoms with E-state index < -0.39 is 0 Å². The van der Waals surface area contributed by atoms with Crippen molar-refractivity contribution in [2.24, 2.45) is 5.92 Å². The van der Waals surface area contributed by atoms with E-state index in [2.05, 4.69) is 27.7 Å². The SMILES string of the molecule is Cc1ccc2c(c1)C(=O)N(CCCC(=O)NCC1CCN(Cc3cccs3)CC1)C2=O. The number of hydrogen-bond acceptors (Lipinski definition) is 5. The number of nitrogens with one attached hydrogen (secondary N) is 1. The lowest BCUT2D eigenvalue weighted by Gasteiger charge is -2.31. The van der Waals surface area contributed by atoms with Gasteiger partial charge >= 0.3 is 0 Å². The van der Waals surface area contributed by atoms with E-state index in [9.17, 15) is 14.4 Å². The van der Waals surface area contributed by atoms with Crippen molar-refractivity contribution in [1.82, 2.24) is 15.1 Å². The average Bonchev–Trinajstić information content (AvgIpc) is 3.35. The second kappa shape index (κ2) is 9.75. The van der Waals surface area contributed by atoms with Gasteiger partial charge in [0.05, 0.1) is 11.1 Å². The summed E-state index contributed by atoms with van der Waals surface area (Å²) in [5, 5.41) is 5.16. The van der Waals surface area contributed by atoms with E-state index in [0.29, 0.717) is 36.4 Å². The van der Waals surface area contributed by atoms with Crippen LogP contribution in [0, 0.1) is 12.8 Å². The highest BCUT2D eigenvalue weighted by Crippen LogP contribution is 2.24. The molecule has 1 aromatic carbocycles. The van der Waals surface area contributed by atoms with Crippen LogP contribution in [0.3, 0.4) is 0 Å². The molecule has 0 aliphatic carbocycles. The highest BCUT2D eigenvalue weighted by molar-refractivity contribution is 7.09. The maximum atomic E-state index is 12.5. The highest BCUT2D eigenvalue weighted by Gasteiger charge is 2.35. The molecule has 4 rings (SSSR count). The van der Waals surface area contributed by atoms with Crippen LogP contribution in [-0.2, 0) is 11.3 Å². The van der Waals surface area contributed by atoms with Gasteiger partial charge in [0.15, 0.2) is 0 Å². The zero-order valence-electron chi connectivity index (χ0n) is 17.9. The minimum absolute atomic E-state index is 0.00605. The third-order valence-electron chi connectivity index (χ3n) is 6.17. The van der Waals surface area contributed by atoms with Gasteiger partial charge in [0.1, 0.15) is 0 Å². The third-order valence-corrected chi connectivity index (χ3v) is 7.03. The van der Waals surface area contributed by atoms with Gasteiger partial charge in [-0.1, -0.05) is 17.7 Å². The van der Waals surface area contributed by atoms with Gasteiger partial charge in [-0.25, -0.2) is 0 Å². The number of carbonyl (C=O) groups excluding carboxylic acids is 3. The number of piperidine rings is 1. The molecule has 1 saturated heterocycles. The monoisotopic (exact) mass is 439 g/mol. The van der Waals surface area contributed by atoms with Crippen molar-refractivity contribution in [2.45, 2.75) is 39.2 Å². The Hall–Kier alpha value is -2.51. The first-order valence-electron chi connectivity index (χ1n) is 11.0. The average molecular weight is 440 g/mol. The van der Waals surface area contributed by atoms with Crippen molar-refractivity contribution in [3.05, 3.63) is 57.3 Å². The van der Waals surface area contributed by atoms with Gasteiger partial charge in [0, 0.05) is 30.9 Å². The fourth-order valence-corrected chi connectivity index (χ4v) is 5.07. The molecule has 0 atom stereocenters. The maximum Gasteiger partial charge on any atom is 0.261 e. The number of carbonyl (C=O) groups is 3. The molecule has 2 aromatic rings. The maximum absolute atomic E-state index is 12.5. The number of hydrogen-bond donors (Lipinski definition) is 1. The van der Waals surface area contributed by atoms with E-state index in [1.165, 1.54) is 9.78 Å². The normalized spacial score (nSPS) is 17.3. The zero-order valence-corrected chi connectivity index (χ0v) is 18.7. The zero-order chi connectivity index (χ0) is 21.8. The molecule has 0 bridgehead atoms. The second-order valence-corrected chi connectivity index (χ2v) is 9.55. The lowest BCUT2D eigenvalue weighted by molar-refractivity contribution is -0.121. The Bertz CT molecular complexity index is 949. The highest BCUT2D eigenvalue weighted by atomic mass is 32.1. The van der Waals surface area contributed by atoms with E-state index >= 15 is 0 Å². The summed E-state index contributed by atoms with van der Waals surface area (Å²) in [5.41, 5.74) is 1.89. The van der Waals surface area contributed by atoms with Crippen LogP contribution in [0.2, 0.25) is 0 Å². The van der Waals surface area contributed by atoms with Gasteiger partial charge in [0.2, 0.25) is 5.91 Å². The van der Waals surface area contributed by atoms with E-state index in [1.807, 2.05) is 13.0 Å². The molecule has 1 fully saturated rings. The first kappa shape index (κ1) is 21.7. The fourth-order valence-electron chi connectivity index (χ4n) is 4.32. The minimum Gasteiger partial charge on any atom is -0.356 e. The predicted octanol–water partition coefficient (Wildman–Crippen LogP) is 3.46. The van der Waals surface area contributed by atoms with Gasteiger partial charge in [0.25, 0.3) is 11.8 Å². The molecule has 0 saturated carbocycles. The molecule has 6 nitrogen and oxygen atoms in total. The fraction of sp³-hybridized carbons (Fsp3) is 0.458. The van der Waals surface area contributed by atoms with Crippen LogP contribution in [0.15, 0.2) is 35.7 Å². The van der Waals surface area contributed by atoms with Crippen molar-refractivity contribution >= 4 is 29.1 Å². The number of aryl methyl sites for hydroxylation is 1. The molecule has 0 unspecified atom stereocenters. The molecular formula is C24H29N3O3S. The van der Waals surface area contributed by atoms with E-state index in [0.717, 1.165) is 38.0 Å². The summed E-state index contributed by atoms with van der Waals surface area (Å²) < 4.78 is 0. The van der Waals surface area contributed by atoms with Gasteiger partial charge in [-0.05, 0) is 68.8 Å². The first-order chi connectivity index (χ1) is 15.0. The molecule has 31 heavy (non-hydrogen) atoms. The molecule has 3 heterocycles. The summed E-state index contributed by atoms with van der Waals surface area (Å²) in [4.78, 5) is 42.3. The Balaban J connectivity index is 1.14. The number of likely N-dealkylation sites (tertiary alicyclic amines) is 1. The minimum atomic E-state index is -0.255. The quantitative estimate of drug-likeness (QED) is 0.640. The van der Waals surface area contributed by atoms with Gasteiger partial charge < -0.3 is 5.32 Å². The third kappa shape index (κ3) is 5.22. The van der Waals surface area contributed by atoms with Gasteiger partial charge in [-0.15, -0.1) is 11.3 Å². The van der Waals surface area contributed by atoms with Crippen LogP contribution in [0.5, 0.6) is 0 Å². The standard InChI is InChI=1S/C24H29N3O3S/c1-17-6-7-20-21(14-17)24(30)27(23(20)29)10-2-5-22(28)25-15-18-8-11-26(12-9-18)16-19-4-3-13-31-19/h3-4,6-7,13-14,18H,2,5,8-12,15-16H2,1H3,(H,25,28). The predicted molar refractivity (Wildman–Crippen MR) is 121 cm³/mol. The lowest BCUT2D eigenvalue weighted by atomic mass is 9.96. The largest absolute Gasteiger partial charge is 0.356 e. The van der Waals surface area contributed by atoms with Crippen LogP contribution in [-0.4, -0.2) is 53.7 Å². The van der Waals surface area contributed by atoms with Crippen LogP contribution < -0.4 is 5.32 Å². The van der Waals surface area contributed by atoms with Crippen LogP contribution in [0.25, 0.3) is 0 Å². The van der Waals surface area contributed by atoms with Gasteiger partial charge in [-0.3, -0.25) is 24.2 Å². The molecule has 0 radical (unpaired) electrons. The van der Waals surface area contributed by atoms with E-state index in [1.54, 1.807) is 23.5 Å². The summed E-state index contributed by atoms with van der Waals surface area (Å²) >= 11 is 1.80. The molecular weight excluding hydrogens is 410 g/mol. The van der Waals surface area contributed by atoms with Crippen molar-refractivity contribution in [1.29, 1.82) is 0 Å². The molecule has 7 heteroatoms. The molecule has 1 N–H and O–H groups in total. The second-order valence-electron chi connectivity index (χ2n) is 8.52. The number of fused-ring (bicyclic) bond motifs is 1. The van der Waals surface area contributed by atoms with E-state index in [4.69, 9.17) is 0 Å². The lowest BCUT2D eigenvalue weighted by Crippen LogP contribution is -2.38. The van der Waals surface area contributed by atoms with Crippen molar-refractivity contribution < 1.29 is 14.4 Å². The Morgan fingerprint density at radius 3 is 2.65 bits per heavy atom. The van der Waals surface area contributed by atoms with Crippen LogP contribution in [0.4, 0.5) is 0 Å². The molecule has 164 valence electrons. The topological polar surface area (TPSA) is 69.7 Å². The Morgan fingerprint density at radius 2 is 1.90 bits per heavy atom. The Morgan fingerprint density at radius 1 is 1.13 bits per heavy atom. The number of rotatable bonds is 8. The summed E-state index contributed by atoms with van der Waals surface area (Å²) in [7, 11) is 0. The van der Waals surface area contributed by atoms with Crippen molar-refractivity contribution in [2.75, 3.05) is 26.2 Å². The van der Waals surface area contributed by atoms with E-state index in [-0.39, 0.29) is 24.3 Å². The number of amides is 3. The van der Waals surface area contributed by atoms with Crippen LogP contribution >= 0.6 is 11.3 Å². The van der Waals surface area contributed by atoms with Crippen molar-refractivity contribution in [3.63, 3.8) is 0 Å². The Labute approximate surface area is 187 Å². The smallest absolute Gasteiger partial charge is 0.261 e. The van der Waals surface area contributed by atoms with Crippen molar-refractivity contribution in [3.8, 4) is 0 Å². The first-order valence-corrected chi connectivity index (χ1v) is 11.9. The summed E-state index contributed by atoms with van der Waals surface area (Å²) in [6.07, 6.45) is 3.00. The summed E-state index contributed by atoms with van der Waals surface area (Å²) in [6.45, 7) is 6.04. The molecule has 1 aromatic heterocycles.